The second-order valence-corrected chi connectivity index (χ2v) is 3.44. The van der Waals surface area contributed by atoms with E-state index < -0.39 is 0 Å². The van der Waals surface area contributed by atoms with Crippen LogP contribution in [0.1, 0.15) is 24.5 Å². The molecule has 0 spiro atoms. The van der Waals surface area contributed by atoms with E-state index in [9.17, 15) is 5.11 Å². The molecule has 1 N–H and O–H groups in total. The van der Waals surface area contributed by atoms with Gasteiger partial charge in [0.15, 0.2) is 0 Å². The van der Waals surface area contributed by atoms with Crippen molar-refractivity contribution in [1.82, 2.24) is 0 Å². The summed E-state index contributed by atoms with van der Waals surface area (Å²) >= 11 is 0. The summed E-state index contributed by atoms with van der Waals surface area (Å²) in [7, 11) is 0. The molecule has 0 amide bonds. The van der Waals surface area contributed by atoms with Gasteiger partial charge in [0.1, 0.15) is 5.75 Å². The molecule has 1 aromatic carbocycles. The van der Waals surface area contributed by atoms with Gasteiger partial charge in [0, 0.05) is 0 Å². The monoisotopic (exact) mass is 188 g/mol. The van der Waals surface area contributed by atoms with Crippen LogP contribution in [-0.4, -0.2) is 5.11 Å². The first-order chi connectivity index (χ1) is 6.56. The lowest BCUT2D eigenvalue weighted by Crippen LogP contribution is -1.86. The molecular weight excluding hydrogens is 172 g/mol. The van der Waals surface area contributed by atoms with E-state index in [2.05, 4.69) is 13.2 Å². The van der Waals surface area contributed by atoms with Crippen LogP contribution in [0.25, 0.3) is 5.57 Å². The minimum absolute atomic E-state index is 0.313. The molecule has 1 heteroatoms. The van der Waals surface area contributed by atoms with E-state index >= 15 is 0 Å². The molecule has 0 saturated heterocycles. The first kappa shape index (κ1) is 10.6. The maximum Gasteiger partial charge on any atom is 0.119 e. The second-order valence-electron chi connectivity index (χ2n) is 3.44. The molecule has 0 fully saturated rings. The lowest BCUT2D eigenvalue weighted by Gasteiger charge is -2.08. The van der Waals surface area contributed by atoms with Crippen molar-refractivity contribution >= 4 is 5.57 Å². The third-order valence-corrected chi connectivity index (χ3v) is 2.41. The Morgan fingerprint density at radius 1 is 1.36 bits per heavy atom. The smallest absolute Gasteiger partial charge is 0.119 e. The first-order valence-electron chi connectivity index (χ1n) is 4.73. The number of allylic oxidation sites excluding steroid dienone is 2. The average molecular weight is 188 g/mol. The first-order valence-corrected chi connectivity index (χ1v) is 4.73. The molecule has 14 heavy (non-hydrogen) atoms. The number of aryl methyl sites for hydroxylation is 1. The molecule has 0 aromatic heterocycles. The maximum absolute atomic E-state index is 9.53. The van der Waals surface area contributed by atoms with E-state index in [1.807, 2.05) is 26.0 Å². The predicted octanol–water partition coefficient (Wildman–Crippen LogP) is 3.68. The topological polar surface area (TPSA) is 20.2 Å². The van der Waals surface area contributed by atoms with Gasteiger partial charge in [0.2, 0.25) is 0 Å². The molecule has 0 bridgehead atoms. The zero-order valence-corrected chi connectivity index (χ0v) is 8.80. The van der Waals surface area contributed by atoms with Gasteiger partial charge in [-0.1, -0.05) is 32.2 Å². The minimum Gasteiger partial charge on any atom is -0.508 e. The molecule has 1 rings (SSSR count). The molecule has 1 nitrogen and oxygen atoms in total. The average Bonchev–Trinajstić information content (AvgIpc) is 2.20. The molecular formula is C13H16O. The quantitative estimate of drug-likeness (QED) is 0.717. The van der Waals surface area contributed by atoms with Crippen LogP contribution >= 0.6 is 0 Å². The Morgan fingerprint density at radius 2 is 2.00 bits per heavy atom. The van der Waals surface area contributed by atoms with Gasteiger partial charge in [-0.25, -0.2) is 0 Å². The normalized spacial score (nSPS) is 9.86. The Labute approximate surface area is 85.4 Å². The van der Waals surface area contributed by atoms with Crippen molar-refractivity contribution in [3.05, 3.63) is 48.1 Å². The summed E-state index contributed by atoms with van der Waals surface area (Å²) in [5.41, 5.74) is 3.74. The molecule has 0 aliphatic heterocycles. The molecule has 0 aliphatic carbocycles. The maximum atomic E-state index is 9.53. The summed E-state index contributed by atoms with van der Waals surface area (Å²) in [4.78, 5) is 0. The lowest BCUT2D eigenvalue weighted by atomic mass is 9.98. The van der Waals surface area contributed by atoms with Crippen LogP contribution in [-0.2, 0) is 0 Å². The summed E-state index contributed by atoms with van der Waals surface area (Å²) in [5, 5.41) is 9.53. The van der Waals surface area contributed by atoms with Crippen molar-refractivity contribution in [3.63, 3.8) is 0 Å². The van der Waals surface area contributed by atoms with Gasteiger partial charge in [0.25, 0.3) is 0 Å². The minimum atomic E-state index is 0.313. The fraction of sp³-hybridized carbons (Fsp3) is 0.231. The number of benzene rings is 1. The van der Waals surface area contributed by atoms with Crippen molar-refractivity contribution in [2.75, 3.05) is 0 Å². The van der Waals surface area contributed by atoms with Crippen LogP contribution in [0, 0.1) is 6.92 Å². The SMILES string of the molecule is C=C(CC)C(=C)c1ccc(C)c(O)c1. The Morgan fingerprint density at radius 3 is 2.50 bits per heavy atom. The zero-order chi connectivity index (χ0) is 10.7. The lowest BCUT2D eigenvalue weighted by molar-refractivity contribution is 0.471. The second kappa shape index (κ2) is 4.14. The van der Waals surface area contributed by atoms with Gasteiger partial charge in [-0.2, -0.15) is 0 Å². The number of hydrogen-bond acceptors (Lipinski definition) is 1. The molecule has 0 saturated carbocycles. The molecule has 0 radical (unpaired) electrons. The highest BCUT2D eigenvalue weighted by Gasteiger charge is 2.03. The van der Waals surface area contributed by atoms with Crippen molar-refractivity contribution in [2.45, 2.75) is 20.3 Å². The van der Waals surface area contributed by atoms with E-state index in [1.54, 1.807) is 6.07 Å². The fourth-order valence-corrected chi connectivity index (χ4v) is 1.21. The predicted molar refractivity (Wildman–Crippen MR) is 61.3 cm³/mol. The van der Waals surface area contributed by atoms with E-state index in [0.29, 0.717) is 5.75 Å². The molecule has 1 aromatic rings. The Bertz CT molecular complexity index is 375. The largest absolute Gasteiger partial charge is 0.508 e. The zero-order valence-electron chi connectivity index (χ0n) is 8.80. The molecule has 74 valence electrons. The van der Waals surface area contributed by atoms with Crippen LogP contribution in [0.5, 0.6) is 5.75 Å². The number of rotatable bonds is 3. The number of aromatic hydroxyl groups is 1. The number of phenolic OH excluding ortho intramolecular Hbond substituents is 1. The molecule has 0 heterocycles. The van der Waals surface area contributed by atoms with Crippen molar-refractivity contribution in [3.8, 4) is 5.75 Å². The van der Waals surface area contributed by atoms with Gasteiger partial charge in [-0.3, -0.25) is 0 Å². The van der Waals surface area contributed by atoms with Gasteiger partial charge in [-0.05, 0) is 41.7 Å². The van der Waals surface area contributed by atoms with Crippen LogP contribution in [0.3, 0.4) is 0 Å². The summed E-state index contributed by atoms with van der Waals surface area (Å²) < 4.78 is 0. The van der Waals surface area contributed by atoms with E-state index in [4.69, 9.17) is 0 Å². The van der Waals surface area contributed by atoms with Crippen molar-refractivity contribution in [1.29, 1.82) is 0 Å². The van der Waals surface area contributed by atoms with E-state index in [1.165, 1.54) is 0 Å². The van der Waals surface area contributed by atoms with Crippen molar-refractivity contribution < 1.29 is 5.11 Å². The highest BCUT2D eigenvalue weighted by molar-refractivity contribution is 5.77. The van der Waals surface area contributed by atoms with Gasteiger partial charge >= 0.3 is 0 Å². The van der Waals surface area contributed by atoms with Gasteiger partial charge in [0.05, 0.1) is 0 Å². The van der Waals surface area contributed by atoms with Crippen molar-refractivity contribution in [2.24, 2.45) is 0 Å². The van der Waals surface area contributed by atoms with E-state index in [0.717, 1.165) is 28.7 Å². The Hall–Kier alpha value is -1.50. The standard InChI is InChI=1S/C13H16O/c1-5-9(2)11(4)12-7-6-10(3)13(14)8-12/h6-8,14H,2,4-5H2,1,3H3. The summed E-state index contributed by atoms with van der Waals surface area (Å²) in [5.74, 6) is 0.313. The number of phenols is 1. The highest BCUT2D eigenvalue weighted by atomic mass is 16.3. The Balaban J connectivity index is 3.03. The van der Waals surface area contributed by atoms with Crippen LogP contribution < -0.4 is 0 Å². The van der Waals surface area contributed by atoms with Gasteiger partial charge in [-0.15, -0.1) is 0 Å². The third-order valence-electron chi connectivity index (χ3n) is 2.41. The Kier molecular flexibility index (Phi) is 3.13. The van der Waals surface area contributed by atoms with Crippen LogP contribution in [0.15, 0.2) is 36.9 Å². The molecule has 0 unspecified atom stereocenters. The summed E-state index contributed by atoms with van der Waals surface area (Å²) in [6, 6.07) is 5.58. The number of hydrogen-bond donors (Lipinski definition) is 1. The summed E-state index contributed by atoms with van der Waals surface area (Å²) in [6.45, 7) is 11.8. The van der Waals surface area contributed by atoms with E-state index in [-0.39, 0.29) is 0 Å². The molecule has 0 aliphatic rings. The summed E-state index contributed by atoms with van der Waals surface area (Å²) in [6.07, 6.45) is 0.882. The highest BCUT2D eigenvalue weighted by Crippen LogP contribution is 2.26. The van der Waals surface area contributed by atoms with Crippen LogP contribution in [0.2, 0.25) is 0 Å². The third kappa shape index (κ3) is 2.05. The van der Waals surface area contributed by atoms with Crippen LogP contribution in [0.4, 0.5) is 0 Å². The molecule has 0 atom stereocenters. The fourth-order valence-electron chi connectivity index (χ4n) is 1.21. The van der Waals surface area contributed by atoms with Gasteiger partial charge < -0.3 is 5.11 Å².